The van der Waals surface area contributed by atoms with Crippen LogP contribution in [0.25, 0.3) is 16.7 Å². The van der Waals surface area contributed by atoms with E-state index < -0.39 is 10.8 Å². The average Bonchev–Trinajstić information content (AvgIpc) is 2.72. The molecule has 1 N–H and O–H groups in total. The maximum Gasteiger partial charge on any atom is 0.179 e. The molecule has 3 rings (SSSR count). The molecule has 0 aromatic heterocycles. The van der Waals surface area contributed by atoms with Gasteiger partial charge in [-0.15, -0.1) is 0 Å². The maximum atomic E-state index is 13.4. The summed E-state index contributed by atoms with van der Waals surface area (Å²) in [7, 11) is 0. The normalized spacial score (nSPS) is 18.1. The zero-order valence-electron chi connectivity index (χ0n) is 19.8. The molecule has 2 aromatic carbocycles. The van der Waals surface area contributed by atoms with Crippen LogP contribution in [0.3, 0.4) is 0 Å². The maximum absolute atomic E-state index is 13.4. The Balaban J connectivity index is 2.16. The van der Waals surface area contributed by atoms with Gasteiger partial charge in [0, 0.05) is 0 Å². The number of benzene rings is 2. The molecule has 0 unspecified atom stereocenters. The van der Waals surface area contributed by atoms with E-state index in [1.807, 2.05) is 19.1 Å². The molecule has 3 nitrogen and oxygen atoms in total. The molecule has 1 aliphatic carbocycles. The summed E-state index contributed by atoms with van der Waals surface area (Å²) in [6, 6.07) is 14.6. The Kier molecular flexibility index (Phi) is 6.01. The molecule has 0 atom stereocenters. The van der Waals surface area contributed by atoms with E-state index in [4.69, 9.17) is 0 Å². The molecule has 0 saturated carbocycles. The highest BCUT2D eigenvalue weighted by Crippen LogP contribution is 2.47. The predicted molar refractivity (Wildman–Crippen MR) is 127 cm³/mol. The lowest BCUT2D eigenvalue weighted by Crippen LogP contribution is -2.48. The molecule has 0 aliphatic heterocycles. The Morgan fingerprint density at radius 3 is 2.00 bits per heavy atom. The minimum Gasteiger partial charge on any atom is -0.510 e. The Labute approximate surface area is 186 Å². The van der Waals surface area contributed by atoms with Crippen molar-refractivity contribution in [2.75, 3.05) is 0 Å². The molecule has 164 valence electrons. The second-order valence-corrected chi connectivity index (χ2v) is 10.2. The molecule has 0 amide bonds. The summed E-state index contributed by atoms with van der Waals surface area (Å²) in [6.07, 6.45) is 1.76. The lowest BCUT2D eigenvalue weighted by molar-refractivity contribution is -0.143. The van der Waals surface area contributed by atoms with Gasteiger partial charge in [-0.3, -0.25) is 9.59 Å². The summed E-state index contributed by atoms with van der Waals surface area (Å²) >= 11 is 0. The summed E-state index contributed by atoms with van der Waals surface area (Å²) in [5.74, 6) is -0.0847. The molecular formula is C28H34O3. The van der Waals surface area contributed by atoms with Gasteiger partial charge in [0.25, 0.3) is 0 Å². The van der Waals surface area contributed by atoms with Gasteiger partial charge in [0.05, 0.1) is 16.4 Å². The first-order chi connectivity index (χ1) is 14.4. The van der Waals surface area contributed by atoms with Crippen molar-refractivity contribution in [3.8, 4) is 11.1 Å². The fourth-order valence-electron chi connectivity index (χ4n) is 4.58. The summed E-state index contributed by atoms with van der Waals surface area (Å²) in [5, 5.41) is 11.1. The fourth-order valence-corrected chi connectivity index (χ4v) is 4.58. The third-order valence-electron chi connectivity index (χ3n) is 6.45. The van der Waals surface area contributed by atoms with Crippen LogP contribution in [0.5, 0.6) is 0 Å². The van der Waals surface area contributed by atoms with E-state index in [0.717, 1.165) is 35.1 Å². The van der Waals surface area contributed by atoms with Crippen LogP contribution in [0.1, 0.15) is 65.2 Å². The van der Waals surface area contributed by atoms with Crippen LogP contribution < -0.4 is 0 Å². The van der Waals surface area contributed by atoms with Crippen molar-refractivity contribution < 1.29 is 14.7 Å². The Morgan fingerprint density at radius 1 is 0.871 bits per heavy atom. The second-order valence-electron chi connectivity index (χ2n) is 10.2. The van der Waals surface area contributed by atoms with E-state index in [9.17, 15) is 14.7 Å². The minimum absolute atomic E-state index is 0.124. The number of aliphatic hydroxyl groups is 1. The van der Waals surface area contributed by atoms with E-state index in [0.29, 0.717) is 5.92 Å². The summed E-state index contributed by atoms with van der Waals surface area (Å²) < 4.78 is 0. The average molecular weight is 419 g/mol. The van der Waals surface area contributed by atoms with Gasteiger partial charge >= 0.3 is 0 Å². The third-order valence-corrected chi connectivity index (χ3v) is 6.45. The molecule has 0 spiro atoms. The second kappa shape index (κ2) is 8.11. The SMILES string of the molecule is CCc1ccc(-c2ccc(CC(C)C)cc2)cc1C1=C(O)C(C)(C)C(=O)C(C)(C)C1=O. The van der Waals surface area contributed by atoms with Gasteiger partial charge in [-0.2, -0.15) is 0 Å². The van der Waals surface area contributed by atoms with Crippen molar-refractivity contribution in [3.05, 3.63) is 64.9 Å². The minimum atomic E-state index is -1.18. The van der Waals surface area contributed by atoms with Crippen molar-refractivity contribution in [2.45, 2.75) is 61.3 Å². The summed E-state index contributed by atoms with van der Waals surface area (Å²) in [5.41, 5.74) is 3.06. The molecule has 1 aliphatic rings. The molecule has 0 saturated heterocycles. The molecule has 31 heavy (non-hydrogen) atoms. The van der Waals surface area contributed by atoms with Crippen LogP contribution in [0.4, 0.5) is 0 Å². The number of rotatable bonds is 5. The smallest absolute Gasteiger partial charge is 0.179 e. The number of hydrogen-bond acceptors (Lipinski definition) is 3. The van der Waals surface area contributed by atoms with Crippen molar-refractivity contribution in [2.24, 2.45) is 16.7 Å². The summed E-state index contributed by atoms with van der Waals surface area (Å²) in [6.45, 7) is 13.2. The highest BCUT2D eigenvalue weighted by molar-refractivity contribution is 6.34. The van der Waals surface area contributed by atoms with Crippen molar-refractivity contribution >= 4 is 17.1 Å². The van der Waals surface area contributed by atoms with E-state index >= 15 is 0 Å². The van der Waals surface area contributed by atoms with Gasteiger partial charge in [-0.25, -0.2) is 0 Å². The van der Waals surface area contributed by atoms with Crippen molar-refractivity contribution in [1.82, 2.24) is 0 Å². The van der Waals surface area contributed by atoms with Gasteiger partial charge in [0.15, 0.2) is 11.6 Å². The van der Waals surface area contributed by atoms with Crippen LogP contribution in [0, 0.1) is 16.7 Å². The Hall–Kier alpha value is -2.68. The first kappa shape index (κ1) is 23.0. The number of allylic oxidation sites excluding steroid dienone is 2. The van der Waals surface area contributed by atoms with E-state index in [1.165, 1.54) is 5.56 Å². The first-order valence-electron chi connectivity index (χ1n) is 11.2. The molecule has 0 fully saturated rings. The first-order valence-corrected chi connectivity index (χ1v) is 11.2. The van der Waals surface area contributed by atoms with Gasteiger partial charge in [-0.05, 0) is 80.3 Å². The van der Waals surface area contributed by atoms with Crippen molar-refractivity contribution in [1.29, 1.82) is 0 Å². The van der Waals surface area contributed by atoms with Gasteiger partial charge in [0.2, 0.25) is 0 Å². The summed E-state index contributed by atoms with van der Waals surface area (Å²) in [4.78, 5) is 26.3. The lowest BCUT2D eigenvalue weighted by atomic mass is 9.62. The van der Waals surface area contributed by atoms with Crippen LogP contribution in [-0.2, 0) is 22.4 Å². The number of ketones is 2. The number of Topliss-reactive ketones (excluding diaryl/α,β-unsaturated/α-hetero) is 2. The molecule has 0 heterocycles. The quantitative estimate of drug-likeness (QED) is 0.557. The predicted octanol–water partition coefficient (Wildman–Crippen LogP) is 6.59. The van der Waals surface area contributed by atoms with Gasteiger partial charge in [0.1, 0.15) is 5.76 Å². The lowest BCUT2D eigenvalue weighted by Gasteiger charge is -2.38. The van der Waals surface area contributed by atoms with Crippen molar-refractivity contribution in [3.63, 3.8) is 0 Å². The van der Waals surface area contributed by atoms with E-state index in [2.05, 4.69) is 44.2 Å². The molecular weight excluding hydrogens is 384 g/mol. The number of carbonyl (C=O) groups is 2. The number of aliphatic hydroxyl groups excluding tert-OH is 1. The monoisotopic (exact) mass is 418 g/mol. The molecule has 2 aromatic rings. The molecule has 0 bridgehead atoms. The highest BCUT2D eigenvalue weighted by atomic mass is 16.3. The van der Waals surface area contributed by atoms with E-state index in [-0.39, 0.29) is 22.9 Å². The highest BCUT2D eigenvalue weighted by Gasteiger charge is 2.53. The fraction of sp³-hybridized carbons (Fsp3) is 0.429. The largest absolute Gasteiger partial charge is 0.510 e. The Bertz CT molecular complexity index is 1050. The van der Waals surface area contributed by atoms with Crippen LogP contribution in [0.15, 0.2) is 48.2 Å². The van der Waals surface area contributed by atoms with Gasteiger partial charge < -0.3 is 5.11 Å². The Morgan fingerprint density at radius 2 is 1.45 bits per heavy atom. The molecule has 0 radical (unpaired) electrons. The van der Waals surface area contributed by atoms with Crippen LogP contribution in [0.2, 0.25) is 0 Å². The number of aryl methyl sites for hydroxylation is 1. The zero-order chi connectivity index (χ0) is 23.1. The standard InChI is InChI=1S/C28H34O3/c1-8-19-13-14-21(20-11-9-18(10-12-20)15-17(2)3)16-22(19)23-24(29)27(4,5)26(31)28(6,7)25(23)30/h9-14,16-17,29H,8,15H2,1-7H3. The van der Waals surface area contributed by atoms with Gasteiger partial charge in [-0.1, -0.05) is 57.2 Å². The topological polar surface area (TPSA) is 54.4 Å². The number of carbonyl (C=O) groups excluding carboxylic acids is 2. The van der Waals surface area contributed by atoms with Crippen LogP contribution in [-0.4, -0.2) is 16.7 Å². The number of hydrogen-bond donors (Lipinski definition) is 1. The third kappa shape index (κ3) is 3.98. The van der Waals surface area contributed by atoms with E-state index in [1.54, 1.807) is 27.7 Å². The molecule has 3 heteroatoms. The van der Waals surface area contributed by atoms with Crippen LogP contribution >= 0.6 is 0 Å². The zero-order valence-corrected chi connectivity index (χ0v) is 19.8.